The van der Waals surface area contributed by atoms with Crippen molar-refractivity contribution < 1.29 is 4.79 Å². The number of rotatable bonds is 0. The number of amides is 2. The van der Waals surface area contributed by atoms with Gasteiger partial charge < -0.3 is 16.0 Å². The molecule has 3 heterocycles. The second kappa shape index (κ2) is 4.15. The van der Waals surface area contributed by atoms with Gasteiger partial charge in [0.25, 0.3) is 0 Å². The lowest BCUT2D eigenvalue weighted by Crippen LogP contribution is -2.49. The number of piperidine rings is 1. The average molecular weight is 246 g/mol. The molecule has 2 aliphatic heterocycles. The van der Waals surface area contributed by atoms with E-state index in [1.165, 1.54) is 5.56 Å². The predicted octanol–water partition coefficient (Wildman–Crippen LogP) is 1.31. The normalized spacial score (nSPS) is 21.2. The number of primary amides is 1. The van der Waals surface area contributed by atoms with Crippen molar-refractivity contribution in [3.05, 3.63) is 23.9 Å². The third-order valence-corrected chi connectivity index (χ3v) is 4.31. The van der Waals surface area contributed by atoms with Crippen LogP contribution in [-0.2, 0) is 5.41 Å². The summed E-state index contributed by atoms with van der Waals surface area (Å²) in [6.45, 7) is 2.47. The molecule has 0 bridgehead atoms. The fourth-order valence-electron chi connectivity index (χ4n) is 3.20. The van der Waals surface area contributed by atoms with Crippen LogP contribution in [0.15, 0.2) is 18.3 Å². The summed E-state index contributed by atoms with van der Waals surface area (Å²) in [7, 11) is 0. The van der Waals surface area contributed by atoms with Crippen molar-refractivity contribution in [1.82, 2.24) is 9.88 Å². The van der Waals surface area contributed by atoms with Crippen LogP contribution in [0.5, 0.6) is 0 Å². The molecule has 0 saturated carbocycles. The summed E-state index contributed by atoms with van der Waals surface area (Å²) < 4.78 is 0. The van der Waals surface area contributed by atoms with Gasteiger partial charge in [-0.3, -0.25) is 0 Å². The Morgan fingerprint density at radius 3 is 2.89 bits per heavy atom. The molecule has 96 valence electrons. The van der Waals surface area contributed by atoms with Crippen LogP contribution in [-0.4, -0.2) is 35.5 Å². The highest BCUT2D eigenvalue weighted by atomic mass is 16.2. The number of aromatic nitrogens is 1. The Morgan fingerprint density at radius 2 is 2.17 bits per heavy atom. The van der Waals surface area contributed by atoms with Crippen molar-refractivity contribution in [2.45, 2.75) is 24.7 Å². The van der Waals surface area contributed by atoms with E-state index in [2.05, 4.69) is 16.4 Å². The average Bonchev–Trinajstić information content (AvgIpc) is 2.40. The lowest BCUT2D eigenvalue weighted by Gasteiger charge is -2.44. The fraction of sp³-hybridized carbons (Fsp3) is 0.538. The van der Waals surface area contributed by atoms with Gasteiger partial charge in [0.2, 0.25) is 0 Å². The Hall–Kier alpha value is -1.78. The lowest BCUT2D eigenvalue weighted by atomic mass is 9.69. The minimum atomic E-state index is -0.301. The number of hydrogen-bond acceptors (Lipinski definition) is 3. The van der Waals surface area contributed by atoms with E-state index in [9.17, 15) is 4.79 Å². The number of hydrogen-bond donors (Lipinski definition) is 2. The Bertz CT molecular complexity index is 466. The Balaban J connectivity index is 1.88. The number of urea groups is 1. The molecule has 5 heteroatoms. The fourth-order valence-corrected chi connectivity index (χ4v) is 3.20. The van der Waals surface area contributed by atoms with E-state index in [-0.39, 0.29) is 11.4 Å². The van der Waals surface area contributed by atoms with Crippen LogP contribution < -0.4 is 11.1 Å². The van der Waals surface area contributed by atoms with Crippen LogP contribution in [0.25, 0.3) is 0 Å². The number of nitrogens with one attached hydrogen (secondary N) is 1. The third kappa shape index (κ3) is 1.70. The van der Waals surface area contributed by atoms with Crippen LogP contribution in [0.1, 0.15) is 24.8 Å². The number of nitrogens with zero attached hydrogens (tertiary/aromatic N) is 2. The number of pyridine rings is 1. The summed E-state index contributed by atoms with van der Waals surface area (Å²) >= 11 is 0. The zero-order chi connectivity index (χ0) is 12.6. The van der Waals surface area contributed by atoms with Gasteiger partial charge in [-0.15, -0.1) is 0 Å². The van der Waals surface area contributed by atoms with Crippen LogP contribution in [0.3, 0.4) is 0 Å². The van der Waals surface area contributed by atoms with Crippen molar-refractivity contribution in [2.24, 2.45) is 5.73 Å². The first-order valence-electron chi connectivity index (χ1n) is 6.45. The van der Waals surface area contributed by atoms with Gasteiger partial charge in [0.1, 0.15) is 5.82 Å². The molecule has 1 saturated heterocycles. The van der Waals surface area contributed by atoms with E-state index >= 15 is 0 Å². The SMILES string of the molecule is NC(=O)N1CCC2(CCNc3ncccc32)CC1. The molecule has 1 aromatic heterocycles. The van der Waals surface area contributed by atoms with Crippen molar-refractivity contribution in [3.8, 4) is 0 Å². The maximum absolute atomic E-state index is 11.2. The highest BCUT2D eigenvalue weighted by molar-refractivity contribution is 5.72. The smallest absolute Gasteiger partial charge is 0.314 e. The van der Waals surface area contributed by atoms with Crippen molar-refractivity contribution >= 4 is 11.8 Å². The zero-order valence-electron chi connectivity index (χ0n) is 10.4. The van der Waals surface area contributed by atoms with E-state index in [0.717, 1.165) is 44.7 Å². The number of nitrogens with two attached hydrogens (primary N) is 1. The Labute approximate surface area is 106 Å². The highest BCUT2D eigenvalue weighted by Gasteiger charge is 2.40. The summed E-state index contributed by atoms with van der Waals surface area (Å²) in [4.78, 5) is 17.3. The standard InChI is InChI=1S/C13H18N4O/c14-12(18)17-8-4-13(5-9-17)3-7-16-11-10(13)2-1-6-15-11/h1-2,6H,3-5,7-9H2,(H2,14,18)(H,15,16). The molecule has 0 aromatic carbocycles. The lowest BCUT2D eigenvalue weighted by molar-refractivity contribution is 0.160. The van der Waals surface area contributed by atoms with E-state index in [0.29, 0.717) is 0 Å². The number of carbonyl (C=O) groups is 1. The highest BCUT2D eigenvalue weighted by Crippen LogP contribution is 2.43. The van der Waals surface area contributed by atoms with Crippen molar-refractivity contribution in [2.75, 3.05) is 25.0 Å². The molecule has 1 fully saturated rings. The molecule has 0 radical (unpaired) electrons. The monoisotopic (exact) mass is 246 g/mol. The van der Waals surface area contributed by atoms with E-state index in [1.54, 1.807) is 4.90 Å². The molecule has 2 aliphatic rings. The number of anilines is 1. The first kappa shape index (κ1) is 11.3. The molecular weight excluding hydrogens is 228 g/mol. The van der Waals surface area contributed by atoms with Crippen molar-refractivity contribution in [3.63, 3.8) is 0 Å². The molecule has 0 aliphatic carbocycles. The summed E-state index contributed by atoms with van der Waals surface area (Å²) in [5.41, 5.74) is 6.83. The Kier molecular flexibility index (Phi) is 2.61. The largest absolute Gasteiger partial charge is 0.370 e. The minimum absolute atomic E-state index is 0.181. The van der Waals surface area contributed by atoms with Gasteiger partial charge in [0.15, 0.2) is 0 Å². The third-order valence-electron chi connectivity index (χ3n) is 4.31. The van der Waals surface area contributed by atoms with Gasteiger partial charge in [-0.1, -0.05) is 6.07 Å². The van der Waals surface area contributed by atoms with Crippen LogP contribution >= 0.6 is 0 Å². The number of fused-ring (bicyclic) bond motifs is 2. The second-order valence-electron chi connectivity index (χ2n) is 5.18. The first-order valence-corrected chi connectivity index (χ1v) is 6.45. The minimum Gasteiger partial charge on any atom is -0.370 e. The molecule has 18 heavy (non-hydrogen) atoms. The Morgan fingerprint density at radius 1 is 1.39 bits per heavy atom. The van der Waals surface area contributed by atoms with Gasteiger partial charge in [-0.05, 0) is 25.3 Å². The number of carbonyl (C=O) groups excluding carboxylic acids is 1. The molecule has 3 N–H and O–H groups in total. The maximum Gasteiger partial charge on any atom is 0.314 e. The van der Waals surface area contributed by atoms with E-state index < -0.39 is 0 Å². The van der Waals surface area contributed by atoms with Crippen LogP contribution in [0.4, 0.5) is 10.6 Å². The second-order valence-corrected chi connectivity index (χ2v) is 5.18. The number of likely N-dealkylation sites (tertiary alicyclic amines) is 1. The summed E-state index contributed by atoms with van der Waals surface area (Å²) in [6.07, 6.45) is 4.90. The van der Waals surface area contributed by atoms with Gasteiger partial charge in [0.05, 0.1) is 0 Å². The molecular formula is C13H18N4O. The predicted molar refractivity (Wildman–Crippen MR) is 69.4 cm³/mol. The van der Waals surface area contributed by atoms with E-state index in [4.69, 9.17) is 5.73 Å². The van der Waals surface area contributed by atoms with Gasteiger partial charge >= 0.3 is 6.03 Å². The van der Waals surface area contributed by atoms with Gasteiger partial charge in [0, 0.05) is 36.8 Å². The molecule has 1 aromatic rings. The molecule has 0 unspecified atom stereocenters. The quantitative estimate of drug-likeness (QED) is 0.725. The van der Waals surface area contributed by atoms with Crippen LogP contribution in [0.2, 0.25) is 0 Å². The molecule has 5 nitrogen and oxygen atoms in total. The van der Waals surface area contributed by atoms with Crippen LogP contribution in [0, 0.1) is 0 Å². The first-order chi connectivity index (χ1) is 8.71. The molecule has 2 amide bonds. The zero-order valence-corrected chi connectivity index (χ0v) is 10.4. The summed E-state index contributed by atoms with van der Waals surface area (Å²) in [6, 6.07) is 3.85. The topological polar surface area (TPSA) is 71.2 Å². The van der Waals surface area contributed by atoms with Gasteiger partial charge in [-0.25, -0.2) is 9.78 Å². The maximum atomic E-state index is 11.2. The summed E-state index contributed by atoms with van der Waals surface area (Å²) in [5, 5.41) is 3.35. The molecule has 3 rings (SSSR count). The molecule has 1 spiro atoms. The molecule has 0 atom stereocenters. The van der Waals surface area contributed by atoms with E-state index in [1.807, 2.05) is 12.3 Å². The summed E-state index contributed by atoms with van der Waals surface area (Å²) in [5.74, 6) is 1.01. The van der Waals surface area contributed by atoms with Gasteiger partial charge in [-0.2, -0.15) is 0 Å². The van der Waals surface area contributed by atoms with Crippen molar-refractivity contribution in [1.29, 1.82) is 0 Å².